The number of rotatable bonds is 6. The van der Waals surface area contributed by atoms with E-state index in [9.17, 15) is 9.59 Å². The summed E-state index contributed by atoms with van der Waals surface area (Å²) in [6.45, 7) is 0. The van der Waals surface area contributed by atoms with Gasteiger partial charge in [0.05, 0.1) is 23.7 Å². The molecule has 2 N–H and O–H groups in total. The minimum absolute atomic E-state index is 0.133. The molecule has 0 fully saturated rings. The zero-order valence-electron chi connectivity index (χ0n) is 13.5. The highest BCUT2D eigenvalue weighted by atomic mass is 16.5. The van der Waals surface area contributed by atoms with Crippen molar-refractivity contribution in [2.45, 2.75) is 0 Å². The van der Waals surface area contributed by atoms with Crippen LogP contribution < -0.4 is 10.2 Å². The number of carbonyl (C=O) groups is 2. The zero-order chi connectivity index (χ0) is 18.4. The van der Waals surface area contributed by atoms with Gasteiger partial charge in [-0.25, -0.2) is 9.59 Å². The fraction of sp³-hybridized carbons (Fsp3) is 0. The average molecular weight is 350 g/mol. The van der Waals surface area contributed by atoms with Crippen molar-refractivity contribution in [3.63, 3.8) is 0 Å². The average Bonchev–Trinajstić information content (AvgIpc) is 3.18. The van der Waals surface area contributed by atoms with Crippen LogP contribution in [0.1, 0.15) is 26.5 Å². The molecule has 1 heterocycles. The number of aromatic carboxylic acids is 1. The molecule has 0 aliphatic carbocycles. The summed E-state index contributed by atoms with van der Waals surface area (Å²) >= 11 is 0. The van der Waals surface area contributed by atoms with Crippen LogP contribution in [0.4, 0.5) is 5.69 Å². The summed E-state index contributed by atoms with van der Waals surface area (Å²) < 4.78 is 10.1. The highest BCUT2D eigenvalue weighted by Crippen LogP contribution is 2.14. The van der Waals surface area contributed by atoms with Crippen LogP contribution in [0.3, 0.4) is 0 Å². The van der Waals surface area contributed by atoms with Gasteiger partial charge in [0.15, 0.2) is 0 Å². The number of hydrogen-bond acceptors (Lipinski definition) is 6. The van der Waals surface area contributed by atoms with Crippen molar-refractivity contribution < 1.29 is 23.8 Å². The molecule has 3 rings (SSSR count). The number of nitrogens with zero attached hydrogens (tertiary/aromatic N) is 1. The van der Waals surface area contributed by atoms with Crippen molar-refractivity contribution in [2.75, 3.05) is 5.43 Å². The molecule has 0 radical (unpaired) electrons. The van der Waals surface area contributed by atoms with E-state index in [-0.39, 0.29) is 11.3 Å². The van der Waals surface area contributed by atoms with Gasteiger partial charge in [0, 0.05) is 0 Å². The van der Waals surface area contributed by atoms with E-state index in [2.05, 4.69) is 10.5 Å². The fourth-order valence-electron chi connectivity index (χ4n) is 2.04. The molecule has 1 aromatic heterocycles. The van der Waals surface area contributed by atoms with Crippen LogP contribution in [0.25, 0.3) is 0 Å². The van der Waals surface area contributed by atoms with Crippen LogP contribution in [-0.2, 0) is 0 Å². The molecule has 0 aliphatic rings. The largest absolute Gasteiger partial charge is 0.478 e. The van der Waals surface area contributed by atoms with Gasteiger partial charge in [-0.2, -0.15) is 5.10 Å². The lowest BCUT2D eigenvalue weighted by atomic mass is 10.2. The molecule has 2 aromatic carbocycles. The van der Waals surface area contributed by atoms with E-state index in [1.165, 1.54) is 24.5 Å². The van der Waals surface area contributed by atoms with Gasteiger partial charge in [0.1, 0.15) is 5.75 Å². The number of carboxylic acids is 1. The SMILES string of the molecule is O=C(O)c1ccc(N/N=C/c2ccc(OC(=O)c3ccco3)cc2)cc1. The second-order valence-corrected chi connectivity index (χ2v) is 5.19. The van der Waals surface area contributed by atoms with Gasteiger partial charge >= 0.3 is 11.9 Å². The highest BCUT2D eigenvalue weighted by Gasteiger charge is 2.10. The van der Waals surface area contributed by atoms with E-state index in [1.54, 1.807) is 48.7 Å². The van der Waals surface area contributed by atoms with Crippen molar-refractivity contribution in [1.29, 1.82) is 0 Å². The Bertz CT molecular complexity index is 914. The Hall–Kier alpha value is -3.87. The number of esters is 1. The van der Waals surface area contributed by atoms with Gasteiger partial charge in [-0.3, -0.25) is 5.43 Å². The Balaban J connectivity index is 1.56. The van der Waals surface area contributed by atoms with Gasteiger partial charge in [0.2, 0.25) is 5.76 Å². The van der Waals surface area contributed by atoms with Crippen molar-refractivity contribution in [3.8, 4) is 5.75 Å². The number of hydrazone groups is 1. The molecule has 26 heavy (non-hydrogen) atoms. The maximum atomic E-state index is 11.8. The number of carbonyl (C=O) groups excluding carboxylic acids is 1. The van der Waals surface area contributed by atoms with Crippen LogP contribution >= 0.6 is 0 Å². The molecule has 0 unspecified atom stereocenters. The molecule has 0 atom stereocenters. The summed E-state index contributed by atoms with van der Waals surface area (Å²) in [7, 11) is 0. The Morgan fingerprint density at radius 1 is 1.04 bits per heavy atom. The molecule has 130 valence electrons. The third-order valence-electron chi connectivity index (χ3n) is 3.35. The summed E-state index contributed by atoms with van der Waals surface area (Å²) in [4.78, 5) is 22.6. The second-order valence-electron chi connectivity index (χ2n) is 5.19. The lowest BCUT2D eigenvalue weighted by Gasteiger charge is -2.03. The van der Waals surface area contributed by atoms with Gasteiger partial charge in [-0.05, 0) is 66.2 Å². The maximum absolute atomic E-state index is 11.8. The smallest absolute Gasteiger partial charge is 0.379 e. The number of benzene rings is 2. The normalized spacial score (nSPS) is 10.6. The first kappa shape index (κ1) is 17.0. The fourth-order valence-corrected chi connectivity index (χ4v) is 2.04. The molecule has 0 aliphatic heterocycles. The number of anilines is 1. The van der Waals surface area contributed by atoms with Crippen LogP contribution in [0, 0.1) is 0 Å². The predicted octanol–water partition coefficient (Wildman–Crippen LogP) is 3.64. The number of hydrogen-bond donors (Lipinski definition) is 2. The Morgan fingerprint density at radius 2 is 1.77 bits per heavy atom. The standard InChI is InChI=1S/C19H14N2O5/c22-18(23)14-5-7-15(8-6-14)21-20-12-13-3-9-16(10-4-13)26-19(24)17-2-1-11-25-17/h1-12,21H,(H,22,23)/b20-12+. The minimum Gasteiger partial charge on any atom is -0.478 e. The van der Waals surface area contributed by atoms with E-state index < -0.39 is 11.9 Å². The first-order valence-corrected chi connectivity index (χ1v) is 7.60. The number of carboxylic acid groups (broad SMARTS) is 1. The van der Waals surface area contributed by atoms with E-state index >= 15 is 0 Å². The molecular formula is C19H14N2O5. The lowest BCUT2D eigenvalue weighted by Crippen LogP contribution is -2.07. The van der Waals surface area contributed by atoms with Gasteiger partial charge in [0.25, 0.3) is 0 Å². The number of nitrogens with one attached hydrogen (secondary N) is 1. The van der Waals surface area contributed by atoms with E-state index in [1.807, 2.05) is 0 Å². The minimum atomic E-state index is -0.979. The quantitative estimate of drug-likeness (QED) is 0.305. The summed E-state index contributed by atoms with van der Waals surface area (Å²) in [6, 6.07) is 16.1. The second kappa shape index (κ2) is 7.80. The highest BCUT2D eigenvalue weighted by molar-refractivity contribution is 5.88. The molecule has 7 nitrogen and oxygen atoms in total. The monoisotopic (exact) mass is 350 g/mol. The predicted molar refractivity (Wildman–Crippen MR) is 94.7 cm³/mol. The molecule has 3 aromatic rings. The molecule has 7 heteroatoms. The third kappa shape index (κ3) is 4.35. The zero-order valence-corrected chi connectivity index (χ0v) is 13.5. The Labute approximate surface area is 148 Å². The van der Waals surface area contributed by atoms with Crippen molar-refractivity contribution in [2.24, 2.45) is 5.10 Å². The third-order valence-corrected chi connectivity index (χ3v) is 3.35. The molecule has 0 bridgehead atoms. The maximum Gasteiger partial charge on any atom is 0.379 e. The molecular weight excluding hydrogens is 336 g/mol. The molecule has 0 saturated heterocycles. The van der Waals surface area contributed by atoms with Crippen LogP contribution in [-0.4, -0.2) is 23.3 Å². The number of ether oxygens (including phenoxy) is 1. The lowest BCUT2D eigenvalue weighted by molar-refractivity contribution is 0.0689. The number of furan rings is 1. The van der Waals surface area contributed by atoms with Gasteiger partial charge in [-0.1, -0.05) is 0 Å². The van der Waals surface area contributed by atoms with Crippen LogP contribution in [0.2, 0.25) is 0 Å². The first-order valence-electron chi connectivity index (χ1n) is 7.60. The topological polar surface area (TPSA) is 101 Å². The van der Waals surface area contributed by atoms with Crippen LogP contribution in [0.5, 0.6) is 5.75 Å². The summed E-state index contributed by atoms with van der Waals surface area (Å²) in [5.41, 5.74) is 4.46. The molecule has 0 spiro atoms. The summed E-state index contributed by atoms with van der Waals surface area (Å²) in [6.07, 6.45) is 2.99. The summed E-state index contributed by atoms with van der Waals surface area (Å²) in [5, 5.41) is 12.9. The first-order chi connectivity index (χ1) is 12.6. The van der Waals surface area contributed by atoms with E-state index in [0.717, 1.165) is 5.56 Å². The van der Waals surface area contributed by atoms with Gasteiger partial charge < -0.3 is 14.3 Å². The van der Waals surface area contributed by atoms with E-state index in [4.69, 9.17) is 14.3 Å². The molecule has 0 amide bonds. The van der Waals surface area contributed by atoms with Crippen molar-refractivity contribution >= 4 is 23.8 Å². The Morgan fingerprint density at radius 3 is 2.38 bits per heavy atom. The Kier molecular flexibility index (Phi) is 5.09. The van der Waals surface area contributed by atoms with Gasteiger partial charge in [-0.15, -0.1) is 0 Å². The summed E-state index contributed by atoms with van der Waals surface area (Å²) in [5.74, 6) is -1.02. The van der Waals surface area contributed by atoms with Crippen LogP contribution in [0.15, 0.2) is 76.4 Å². The van der Waals surface area contributed by atoms with Crippen molar-refractivity contribution in [1.82, 2.24) is 0 Å². The van der Waals surface area contributed by atoms with Crippen molar-refractivity contribution in [3.05, 3.63) is 83.8 Å². The van der Waals surface area contributed by atoms with E-state index in [0.29, 0.717) is 11.4 Å². The molecule has 0 saturated carbocycles.